The maximum Gasteiger partial charge on any atom is 0.317 e. The summed E-state index contributed by atoms with van der Waals surface area (Å²) >= 11 is 0. The van der Waals surface area contributed by atoms with Crippen molar-refractivity contribution in [1.82, 2.24) is 15.1 Å². The first-order valence-corrected chi connectivity index (χ1v) is 9.45. The number of carbonyl (C=O) groups excluding carboxylic acids is 1. The van der Waals surface area contributed by atoms with E-state index in [1.165, 1.54) is 32.4 Å². The van der Waals surface area contributed by atoms with Crippen LogP contribution >= 0.6 is 0 Å². The Morgan fingerprint density at radius 2 is 1.88 bits per heavy atom. The lowest BCUT2D eigenvalue weighted by Gasteiger charge is -2.37. The third kappa shape index (κ3) is 3.84. The van der Waals surface area contributed by atoms with Gasteiger partial charge in [-0.1, -0.05) is 6.07 Å². The van der Waals surface area contributed by atoms with Gasteiger partial charge in [0.1, 0.15) is 13.2 Å². The number of likely N-dealkylation sites (tertiary alicyclic amines) is 2. The van der Waals surface area contributed by atoms with Crippen LogP contribution in [0.25, 0.3) is 0 Å². The van der Waals surface area contributed by atoms with E-state index >= 15 is 0 Å². The number of amides is 2. The van der Waals surface area contributed by atoms with E-state index in [0.717, 1.165) is 36.6 Å². The highest BCUT2D eigenvalue weighted by Gasteiger charge is 2.29. The first kappa shape index (κ1) is 16.5. The highest BCUT2D eigenvalue weighted by atomic mass is 16.6. The first-order valence-electron chi connectivity index (χ1n) is 9.45. The molecule has 25 heavy (non-hydrogen) atoms. The van der Waals surface area contributed by atoms with E-state index in [2.05, 4.69) is 10.2 Å². The van der Waals surface area contributed by atoms with E-state index in [0.29, 0.717) is 25.8 Å². The van der Waals surface area contributed by atoms with Gasteiger partial charge in [0.15, 0.2) is 11.5 Å². The van der Waals surface area contributed by atoms with Gasteiger partial charge >= 0.3 is 6.03 Å². The van der Waals surface area contributed by atoms with Crippen LogP contribution in [0.15, 0.2) is 18.2 Å². The maximum absolute atomic E-state index is 12.6. The predicted molar refractivity (Wildman–Crippen MR) is 95.1 cm³/mol. The Hall–Kier alpha value is -1.95. The number of nitrogens with zero attached hydrogens (tertiary/aromatic N) is 2. The molecular weight excluding hydrogens is 318 g/mol. The lowest BCUT2D eigenvalue weighted by molar-refractivity contribution is 0.125. The highest BCUT2D eigenvalue weighted by molar-refractivity contribution is 5.74. The molecule has 6 nitrogen and oxygen atoms in total. The van der Waals surface area contributed by atoms with Crippen molar-refractivity contribution in [3.05, 3.63) is 23.8 Å². The number of fused-ring (bicyclic) bond motifs is 1. The molecule has 136 valence electrons. The number of hydrogen-bond donors (Lipinski definition) is 1. The van der Waals surface area contributed by atoms with Crippen molar-refractivity contribution in [3.63, 3.8) is 0 Å². The van der Waals surface area contributed by atoms with E-state index in [1.807, 2.05) is 23.1 Å². The van der Waals surface area contributed by atoms with Crippen molar-refractivity contribution >= 4 is 6.03 Å². The van der Waals surface area contributed by atoms with Crippen molar-refractivity contribution in [2.24, 2.45) is 0 Å². The zero-order valence-electron chi connectivity index (χ0n) is 14.7. The molecule has 0 aliphatic carbocycles. The van der Waals surface area contributed by atoms with Gasteiger partial charge in [-0.15, -0.1) is 0 Å². The van der Waals surface area contributed by atoms with Crippen molar-refractivity contribution in [3.8, 4) is 11.5 Å². The van der Waals surface area contributed by atoms with Crippen molar-refractivity contribution in [2.45, 2.75) is 38.3 Å². The molecule has 2 fully saturated rings. The molecule has 4 rings (SSSR count). The molecular formula is C19H27N3O3. The van der Waals surface area contributed by atoms with Crippen LogP contribution in [-0.4, -0.2) is 61.3 Å². The summed E-state index contributed by atoms with van der Waals surface area (Å²) in [5.74, 6) is 1.55. The minimum Gasteiger partial charge on any atom is -0.486 e. The fourth-order valence-electron chi connectivity index (χ4n) is 4.03. The fraction of sp³-hybridized carbons (Fsp3) is 0.632. The normalized spacial score (nSPS) is 23.5. The number of nitrogens with one attached hydrogen (secondary N) is 1. The topological polar surface area (TPSA) is 54.0 Å². The van der Waals surface area contributed by atoms with Gasteiger partial charge in [0.25, 0.3) is 0 Å². The second-order valence-electron chi connectivity index (χ2n) is 7.12. The third-order valence-corrected chi connectivity index (χ3v) is 5.39. The maximum atomic E-state index is 12.6. The number of urea groups is 1. The van der Waals surface area contributed by atoms with Gasteiger partial charge in [-0.25, -0.2) is 4.79 Å². The van der Waals surface area contributed by atoms with Gasteiger partial charge in [-0.2, -0.15) is 0 Å². The highest BCUT2D eigenvalue weighted by Crippen LogP contribution is 2.30. The fourth-order valence-corrected chi connectivity index (χ4v) is 4.03. The molecule has 0 spiro atoms. The number of benzene rings is 1. The monoisotopic (exact) mass is 345 g/mol. The number of rotatable bonds is 3. The smallest absolute Gasteiger partial charge is 0.317 e. The minimum absolute atomic E-state index is 0.0405. The van der Waals surface area contributed by atoms with Gasteiger partial charge in [-0.3, -0.25) is 4.90 Å². The Bertz CT molecular complexity index is 616. The van der Waals surface area contributed by atoms with Crippen LogP contribution in [0.4, 0.5) is 4.79 Å². The molecule has 0 radical (unpaired) electrons. The molecule has 3 heterocycles. The Balaban J connectivity index is 1.31. The van der Waals surface area contributed by atoms with E-state index in [1.54, 1.807) is 0 Å². The van der Waals surface area contributed by atoms with Crippen LogP contribution in [-0.2, 0) is 6.54 Å². The predicted octanol–water partition coefficient (Wildman–Crippen LogP) is 2.23. The lowest BCUT2D eigenvalue weighted by Crippen LogP contribution is -2.51. The lowest BCUT2D eigenvalue weighted by atomic mass is 10.0. The van der Waals surface area contributed by atoms with Crippen molar-refractivity contribution < 1.29 is 14.3 Å². The Kier molecular flexibility index (Phi) is 4.97. The quantitative estimate of drug-likeness (QED) is 0.913. The summed E-state index contributed by atoms with van der Waals surface area (Å²) in [6.45, 7) is 5.78. The third-order valence-electron chi connectivity index (χ3n) is 5.39. The summed E-state index contributed by atoms with van der Waals surface area (Å²) in [5.41, 5.74) is 1.03. The second-order valence-corrected chi connectivity index (χ2v) is 7.12. The summed E-state index contributed by atoms with van der Waals surface area (Å²) in [7, 11) is 0. The molecule has 1 N–H and O–H groups in total. The van der Waals surface area contributed by atoms with Crippen LogP contribution in [0.1, 0.15) is 31.2 Å². The average Bonchev–Trinajstić information content (AvgIpc) is 3.21. The zero-order chi connectivity index (χ0) is 17.1. The minimum atomic E-state index is 0.0405. The van der Waals surface area contributed by atoms with Gasteiger partial charge in [0, 0.05) is 25.7 Å². The van der Waals surface area contributed by atoms with E-state index in [-0.39, 0.29) is 6.03 Å². The van der Waals surface area contributed by atoms with Crippen molar-refractivity contribution in [2.75, 3.05) is 39.4 Å². The van der Waals surface area contributed by atoms with E-state index < -0.39 is 0 Å². The Morgan fingerprint density at radius 3 is 2.72 bits per heavy atom. The summed E-state index contributed by atoms with van der Waals surface area (Å²) in [6.07, 6.45) is 4.91. The summed E-state index contributed by atoms with van der Waals surface area (Å²) < 4.78 is 11.1. The molecule has 3 aliphatic rings. The Morgan fingerprint density at radius 1 is 1.08 bits per heavy atom. The van der Waals surface area contributed by atoms with E-state index in [4.69, 9.17) is 9.47 Å². The molecule has 3 aliphatic heterocycles. The molecule has 2 amide bonds. The van der Waals surface area contributed by atoms with Gasteiger partial charge < -0.3 is 19.7 Å². The van der Waals surface area contributed by atoms with Crippen LogP contribution in [0, 0.1) is 0 Å². The van der Waals surface area contributed by atoms with Crippen LogP contribution in [0.2, 0.25) is 0 Å². The van der Waals surface area contributed by atoms with Crippen LogP contribution < -0.4 is 14.8 Å². The van der Waals surface area contributed by atoms with Gasteiger partial charge in [0.05, 0.1) is 0 Å². The zero-order valence-corrected chi connectivity index (χ0v) is 14.7. The van der Waals surface area contributed by atoms with E-state index in [9.17, 15) is 4.79 Å². The SMILES string of the molecule is O=C(NCc1ccc2c(c1)OCCO2)N1CCC[C@@H](N2CCCC2)C1. The number of ether oxygens (including phenoxy) is 2. The molecule has 1 aromatic rings. The molecule has 1 atom stereocenters. The van der Waals surface area contributed by atoms with Crippen molar-refractivity contribution in [1.29, 1.82) is 0 Å². The molecule has 2 saturated heterocycles. The summed E-state index contributed by atoms with van der Waals surface area (Å²) in [4.78, 5) is 17.1. The number of piperidine rings is 1. The molecule has 0 saturated carbocycles. The molecule has 0 unspecified atom stereocenters. The number of carbonyl (C=O) groups is 1. The number of hydrogen-bond acceptors (Lipinski definition) is 4. The standard InChI is InChI=1S/C19H27N3O3/c23-19(22-9-3-4-16(14-22)21-7-1-2-8-21)20-13-15-5-6-17-18(12-15)25-11-10-24-17/h5-6,12,16H,1-4,7-11,13-14H2,(H,20,23)/t16-/m1/s1. The van der Waals surface area contributed by atoms with Crippen LogP contribution in [0.5, 0.6) is 11.5 Å². The average molecular weight is 345 g/mol. The molecule has 0 bridgehead atoms. The molecule has 0 aromatic heterocycles. The van der Waals surface area contributed by atoms with Crippen LogP contribution in [0.3, 0.4) is 0 Å². The van der Waals surface area contributed by atoms with Gasteiger partial charge in [-0.05, 0) is 56.5 Å². The summed E-state index contributed by atoms with van der Waals surface area (Å²) in [6, 6.07) is 6.44. The van der Waals surface area contributed by atoms with Gasteiger partial charge in [0.2, 0.25) is 0 Å². The molecule has 6 heteroatoms. The first-order chi connectivity index (χ1) is 12.3. The summed E-state index contributed by atoms with van der Waals surface area (Å²) in [5, 5.41) is 3.06. The second kappa shape index (κ2) is 7.52. The Labute approximate surface area is 149 Å². The largest absolute Gasteiger partial charge is 0.486 e. The molecule has 1 aromatic carbocycles.